The van der Waals surface area contributed by atoms with E-state index < -0.39 is 29.6 Å². The molecule has 1 unspecified atom stereocenters. The molecule has 1 fully saturated rings. The summed E-state index contributed by atoms with van der Waals surface area (Å²) in [6.45, 7) is 2.12. The number of carboxylic acid groups (broad SMARTS) is 1. The van der Waals surface area contributed by atoms with Crippen molar-refractivity contribution in [2.24, 2.45) is 0 Å². The van der Waals surface area contributed by atoms with Gasteiger partial charge in [0.2, 0.25) is 5.91 Å². The minimum absolute atomic E-state index is 0.0881. The smallest absolute Gasteiger partial charge is 0.407 e. The van der Waals surface area contributed by atoms with E-state index in [1.54, 1.807) is 0 Å². The lowest BCUT2D eigenvalue weighted by Gasteiger charge is -2.34. The Hall–Kier alpha value is -3.39. The molecule has 2 aliphatic rings. The maximum atomic E-state index is 12.6. The third-order valence-corrected chi connectivity index (χ3v) is 6.19. The Morgan fingerprint density at radius 2 is 1.62 bits per heavy atom. The summed E-state index contributed by atoms with van der Waals surface area (Å²) >= 11 is 0. The minimum atomic E-state index is -1.38. The van der Waals surface area contributed by atoms with Gasteiger partial charge in [-0.3, -0.25) is 4.79 Å². The molecule has 32 heavy (non-hydrogen) atoms. The predicted octanol–water partition coefficient (Wildman–Crippen LogP) is 2.66. The van der Waals surface area contributed by atoms with Gasteiger partial charge in [0.05, 0.1) is 0 Å². The van der Waals surface area contributed by atoms with E-state index in [9.17, 15) is 19.5 Å². The molecule has 0 bridgehead atoms. The highest BCUT2D eigenvalue weighted by Crippen LogP contribution is 2.44. The second-order valence-corrected chi connectivity index (χ2v) is 8.18. The number of hydrogen-bond acceptors (Lipinski definition) is 5. The summed E-state index contributed by atoms with van der Waals surface area (Å²) in [4.78, 5) is 36.7. The molecule has 0 spiro atoms. The first-order valence-electron chi connectivity index (χ1n) is 10.7. The van der Waals surface area contributed by atoms with Crippen molar-refractivity contribution in [2.45, 2.75) is 37.3 Å². The Bertz CT molecular complexity index is 985. The van der Waals surface area contributed by atoms with Gasteiger partial charge in [0, 0.05) is 32.0 Å². The third kappa shape index (κ3) is 4.18. The molecular formula is C24H26N2O6. The molecule has 0 radical (unpaired) electrons. The Morgan fingerprint density at radius 1 is 1.06 bits per heavy atom. The number of nitrogens with one attached hydrogen (secondary N) is 2. The number of alkyl carbamates (subject to hydrolysis) is 1. The molecule has 1 aliphatic carbocycles. The van der Waals surface area contributed by atoms with Crippen molar-refractivity contribution in [1.29, 1.82) is 0 Å². The molecule has 1 saturated heterocycles. The first-order chi connectivity index (χ1) is 15.4. The maximum absolute atomic E-state index is 12.6. The number of benzene rings is 2. The van der Waals surface area contributed by atoms with Crippen LogP contribution in [0.3, 0.4) is 0 Å². The van der Waals surface area contributed by atoms with Crippen LogP contribution in [0.25, 0.3) is 11.1 Å². The van der Waals surface area contributed by atoms with Gasteiger partial charge >= 0.3 is 12.1 Å². The first kappa shape index (κ1) is 21.8. The zero-order chi connectivity index (χ0) is 22.7. The van der Waals surface area contributed by atoms with Crippen LogP contribution in [-0.4, -0.2) is 54.5 Å². The van der Waals surface area contributed by atoms with Gasteiger partial charge in [-0.15, -0.1) is 0 Å². The number of carbonyl (C=O) groups is 3. The molecule has 2 aromatic carbocycles. The first-order valence-corrected chi connectivity index (χ1v) is 10.7. The van der Waals surface area contributed by atoms with Crippen LogP contribution in [0, 0.1) is 0 Å². The molecule has 3 N–H and O–H groups in total. The molecule has 1 atom stereocenters. The van der Waals surface area contributed by atoms with E-state index in [-0.39, 0.29) is 38.6 Å². The van der Waals surface area contributed by atoms with Crippen LogP contribution in [-0.2, 0) is 19.1 Å². The normalized spacial score (nSPS) is 17.5. The molecular weight excluding hydrogens is 412 g/mol. The van der Waals surface area contributed by atoms with E-state index in [0.717, 1.165) is 22.3 Å². The topological polar surface area (TPSA) is 114 Å². The highest BCUT2D eigenvalue weighted by atomic mass is 16.5. The number of aliphatic carboxylic acids is 1. The van der Waals surface area contributed by atoms with Gasteiger partial charge < -0.3 is 25.2 Å². The lowest BCUT2D eigenvalue weighted by atomic mass is 9.90. The minimum Gasteiger partial charge on any atom is -0.480 e. The molecule has 8 nitrogen and oxygen atoms in total. The fourth-order valence-electron chi connectivity index (χ4n) is 4.34. The predicted molar refractivity (Wildman–Crippen MR) is 116 cm³/mol. The summed E-state index contributed by atoms with van der Waals surface area (Å²) in [5, 5.41) is 14.7. The molecule has 4 rings (SSSR count). The van der Waals surface area contributed by atoms with Gasteiger partial charge in [-0.1, -0.05) is 48.5 Å². The molecule has 8 heteroatoms. The summed E-state index contributed by atoms with van der Waals surface area (Å²) in [6, 6.07) is 15.1. The zero-order valence-electron chi connectivity index (χ0n) is 17.8. The van der Waals surface area contributed by atoms with Gasteiger partial charge in [-0.05, 0) is 29.2 Å². The van der Waals surface area contributed by atoms with Crippen molar-refractivity contribution in [3.63, 3.8) is 0 Å². The SMILES string of the molecule is CC(NC(=O)OCC1c2ccccc2-c2ccccc21)C(=O)NC1(C(=O)O)CCOCC1. The summed E-state index contributed by atoms with van der Waals surface area (Å²) in [5.41, 5.74) is 3.05. The molecule has 0 aromatic heterocycles. The number of rotatable bonds is 6. The third-order valence-electron chi connectivity index (χ3n) is 6.19. The van der Waals surface area contributed by atoms with Crippen LogP contribution in [0.4, 0.5) is 4.79 Å². The van der Waals surface area contributed by atoms with Crippen molar-refractivity contribution in [3.8, 4) is 11.1 Å². The Labute approximate surface area is 185 Å². The van der Waals surface area contributed by atoms with Crippen LogP contribution in [0.5, 0.6) is 0 Å². The van der Waals surface area contributed by atoms with E-state index >= 15 is 0 Å². The quantitative estimate of drug-likeness (QED) is 0.639. The number of hydrogen-bond donors (Lipinski definition) is 3. The fraction of sp³-hybridized carbons (Fsp3) is 0.375. The van der Waals surface area contributed by atoms with Crippen LogP contribution in [0.2, 0.25) is 0 Å². The Balaban J connectivity index is 1.36. The summed E-state index contributed by atoms with van der Waals surface area (Å²) in [5.74, 6) is -1.78. The van der Waals surface area contributed by atoms with Crippen LogP contribution < -0.4 is 10.6 Å². The molecule has 2 aromatic rings. The van der Waals surface area contributed by atoms with E-state index in [1.807, 2.05) is 36.4 Å². The summed E-state index contributed by atoms with van der Waals surface area (Å²) < 4.78 is 10.7. The van der Waals surface area contributed by atoms with Crippen LogP contribution in [0.1, 0.15) is 36.8 Å². The standard InChI is InChI=1S/C24H26N2O6/c1-15(21(27)26-24(22(28)29)10-12-31-13-11-24)25-23(30)32-14-20-18-8-4-2-6-16(18)17-7-3-5-9-19(17)20/h2-9,15,20H,10-14H2,1H3,(H,25,30)(H,26,27)(H,28,29). The second-order valence-electron chi connectivity index (χ2n) is 8.18. The maximum Gasteiger partial charge on any atom is 0.407 e. The largest absolute Gasteiger partial charge is 0.480 e. The average Bonchev–Trinajstić information content (AvgIpc) is 3.12. The van der Waals surface area contributed by atoms with Gasteiger partial charge in [0.15, 0.2) is 0 Å². The van der Waals surface area contributed by atoms with Gasteiger partial charge in [0.25, 0.3) is 0 Å². The van der Waals surface area contributed by atoms with Crippen molar-refractivity contribution >= 4 is 18.0 Å². The monoisotopic (exact) mass is 438 g/mol. The van der Waals surface area contributed by atoms with Crippen molar-refractivity contribution in [3.05, 3.63) is 59.7 Å². The van der Waals surface area contributed by atoms with Crippen molar-refractivity contribution in [2.75, 3.05) is 19.8 Å². The number of fused-ring (bicyclic) bond motifs is 3. The van der Waals surface area contributed by atoms with Crippen molar-refractivity contribution < 1.29 is 29.0 Å². The lowest BCUT2D eigenvalue weighted by Crippen LogP contribution is -2.60. The number of ether oxygens (including phenoxy) is 2. The number of amides is 2. The van der Waals surface area contributed by atoms with Gasteiger partial charge in [0.1, 0.15) is 18.2 Å². The second kappa shape index (κ2) is 9.00. The molecule has 2 amide bonds. The van der Waals surface area contributed by atoms with E-state index in [4.69, 9.17) is 9.47 Å². The molecule has 1 heterocycles. The summed E-state index contributed by atoms with van der Waals surface area (Å²) in [6.07, 6.45) is -0.386. The zero-order valence-corrected chi connectivity index (χ0v) is 17.8. The Kier molecular flexibility index (Phi) is 6.14. The highest BCUT2D eigenvalue weighted by Gasteiger charge is 2.42. The molecule has 1 aliphatic heterocycles. The van der Waals surface area contributed by atoms with Gasteiger partial charge in [-0.25, -0.2) is 9.59 Å². The molecule has 168 valence electrons. The fourth-order valence-corrected chi connectivity index (χ4v) is 4.34. The van der Waals surface area contributed by atoms with E-state index in [0.29, 0.717) is 0 Å². The lowest BCUT2D eigenvalue weighted by molar-refractivity contribution is -0.152. The number of carboxylic acids is 1. The molecule has 0 saturated carbocycles. The van der Waals surface area contributed by atoms with E-state index in [2.05, 4.69) is 22.8 Å². The van der Waals surface area contributed by atoms with Crippen LogP contribution >= 0.6 is 0 Å². The van der Waals surface area contributed by atoms with Crippen LogP contribution in [0.15, 0.2) is 48.5 Å². The average molecular weight is 438 g/mol. The highest BCUT2D eigenvalue weighted by molar-refractivity contribution is 5.91. The van der Waals surface area contributed by atoms with Gasteiger partial charge in [-0.2, -0.15) is 0 Å². The summed E-state index contributed by atoms with van der Waals surface area (Å²) in [7, 11) is 0. The van der Waals surface area contributed by atoms with Crippen molar-refractivity contribution in [1.82, 2.24) is 10.6 Å². The van der Waals surface area contributed by atoms with E-state index in [1.165, 1.54) is 6.92 Å². The Morgan fingerprint density at radius 3 is 2.19 bits per heavy atom. The number of carbonyl (C=O) groups excluding carboxylic acids is 2.